The Morgan fingerprint density at radius 1 is 1.42 bits per heavy atom. The van der Waals surface area contributed by atoms with Gasteiger partial charge in [-0.3, -0.25) is 9.59 Å². The smallest absolute Gasteiger partial charge is 0.308 e. The van der Waals surface area contributed by atoms with Gasteiger partial charge in [-0.2, -0.15) is 0 Å². The van der Waals surface area contributed by atoms with Crippen molar-refractivity contribution in [1.82, 2.24) is 4.90 Å². The van der Waals surface area contributed by atoms with Gasteiger partial charge in [-0.1, -0.05) is 17.7 Å². The van der Waals surface area contributed by atoms with Crippen molar-refractivity contribution in [3.63, 3.8) is 0 Å². The molecule has 0 aliphatic carbocycles. The van der Waals surface area contributed by atoms with Gasteiger partial charge >= 0.3 is 5.97 Å². The van der Waals surface area contributed by atoms with Gasteiger partial charge in [0, 0.05) is 17.6 Å². The first-order valence-corrected chi connectivity index (χ1v) is 7.14. The highest BCUT2D eigenvalue weighted by atomic mass is 79.9. The molecule has 1 aliphatic heterocycles. The van der Waals surface area contributed by atoms with Crippen LogP contribution >= 0.6 is 27.5 Å². The number of carboxylic acid groups (broad SMARTS) is 1. The van der Waals surface area contributed by atoms with Crippen LogP contribution in [0.4, 0.5) is 0 Å². The highest BCUT2D eigenvalue weighted by Crippen LogP contribution is 2.28. The summed E-state index contributed by atoms with van der Waals surface area (Å²) in [6.45, 7) is 0.822. The topological polar surface area (TPSA) is 57.6 Å². The number of nitrogens with zero attached hydrogens (tertiary/aromatic N) is 1. The van der Waals surface area contributed by atoms with Crippen LogP contribution in [0.3, 0.4) is 0 Å². The van der Waals surface area contributed by atoms with E-state index in [2.05, 4.69) is 15.9 Å². The molecule has 19 heavy (non-hydrogen) atoms. The van der Waals surface area contributed by atoms with Crippen molar-refractivity contribution in [2.75, 3.05) is 13.1 Å². The number of carboxylic acids is 1. The molecule has 1 aliphatic rings. The fourth-order valence-electron chi connectivity index (χ4n) is 2.20. The molecule has 1 fully saturated rings. The van der Waals surface area contributed by atoms with Crippen LogP contribution in [0.15, 0.2) is 22.7 Å². The number of carbonyl (C=O) groups is 2. The van der Waals surface area contributed by atoms with Gasteiger partial charge in [-0.15, -0.1) is 0 Å². The monoisotopic (exact) mass is 345 g/mol. The maximum Gasteiger partial charge on any atom is 0.308 e. The highest BCUT2D eigenvalue weighted by Gasteiger charge is 2.29. The first-order chi connectivity index (χ1) is 9.00. The van der Waals surface area contributed by atoms with Gasteiger partial charge in [0.2, 0.25) is 0 Å². The number of halogens is 2. The standard InChI is InChI=1S/C13H13BrClNO3/c14-10-5-1-4-9(11(10)15)12(17)16-6-2-3-8(7-16)13(18)19/h1,4-5,8H,2-3,6-7H2,(H,18,19). The number of carbonyl (C=O) groups excluding carboxylic acids is 1. The Balaban J connectivity index is 2.19. The number of piperidine rings is 1. The summed E-state index contributed by atoms with van der Waals surface area (Å²) >= 11 is 9.37. The molecule has 1 aromatic rings. The van der Waals surface area contributed by atoms with E-state index < -0.39 is 11.9 Å². The van der Waals surface area contributed by atoms with E-state index in [1.165, 1.54) is 0 Å². The molecule has 1 unspecified atom stereocenters. The fourth-order valence-corrected chi connectivity index (χ4v) is 2.78. The maximum atomic E-state index is 12.4. The predicted octanol–water partition coefficient (Wildman–Crippen LogP) is 3.04. The van der Waals surface area contributed by atoms with Crippen LogP contribution in [-0.4, -0.2) is 35.0 Å². The summed E-state index contributed by atoms with van der Waals surface area (Å²) < 4.78 is 0.659. The molecular formula is C13H13BrClNO3. The van der Waals surface area contributed by atoms with Crippen molar-refractivity contribution in [1.29, 1.82) is 0 Å². The summed E-state index contributed by atoms with van der Waals surface area (Å²) in [5.41, 5.74) is 0.405. The van der Waals surface area contributed by atoms with Crippen molar-refractivity contribution in [3.05, 3.63) is 33.3 Å². The van der Waals surface area contributed by atoms with E-state index in [1.807, 2.05) is 0 Å². The minimum absolute atomic E-state index is 0.211. The van der Waals surface area contributed by atoms with E-state index in [4.69, 9.17) is 16.7 Å². The zero-order valence-corrected chi connectivity index (χ0v) is 12.4. The van der Waals surface area contributed by atoms with Crippen LogP contribution in [0, 0.1) is 5.92 Å². The second-order valence-electron chi connectivity index (χ2n) is 4.53. The van der Waals surface area contributed by atoms with Crippen LogP contribution in [-0.2, 0) is 4.79 Å². The van der Waals surface area contributed by atoms with Crippen molar-refractivity contribution >= 4 is 39.4 Å². The summed E-state index contributed by atoms with van der Waals surface area (Å²) in [5.74, 6) is -1.54. The van der Waals surface area contributed by atoms with Crippen molar-refractivity contribution in [3.8, 4) is 0 Å². The molecule has 1 saturated heterocycles. The predicted molar refractivity (Wildman–Crippen MR) is 75.4 cm³/mol. The maximum absolute atomic E-state index is 12.4. The van der Waals surface area contributed by atoms with E-state index >= 15 is 0 Å². The molecule has 1 heterocycles. The van der Waals surface area contributed by atoms with Crippen LogP contribution in [0.2, 0.25) is 5.02 Å². The van der Waals surface area contributed by atoms with E-state index in [1.54, 1.807) is 23.1 Å². The number of likely N-dealkylation sites (tertiary alicyclic amines) is 1. The second kappa shape index (κ2) is 5.92. The minimum Gasteiger partial charge on any atom is -0.481 e. The third-order valence-electron chi connectivity index (χ3n) is 3.24. The Labute approximate surface area is 124 Å². The zero-order valence-electron chi connectivity index (χ0n) is 10.1. The summed E-state index contributed by atoms with van der Waals surface area (Å²) in [7, 11) is 0. The number of amides is 1. The number of benzene rings is 1. The second-order valence-corrected chi connectivity index (χ2v) is 5.76. The quantitative estimate of drug-likeness (QED) is 0.895. The molecule has 0 bridgehead atoms. The van der Waals surface area contributed by atoms with E-state index in [9.17, 15) is 9.59 Å². The molecule has 102 valence electrons. The molecule has 4 nitrogen and oxygen atoms in total. The lowest BCUT2D eigenvalue weighted by atomic mass is 9.97. The molecule has 0 radical (unpaired) electrons. The molecule has 6 heteroatoms. The van der Waals surface area contributed by atoms with E-state index in [-0.39, 0.29) is 12.5 Å². The lowest BCUT2D eigenvalue weighted by Crippen LogP contribution is -2.42. The lowest BCUT2D eigenvalue weighted by Gasteiger charge is -2.31. The number of rotatable bonds is 2. The summed E-state index contributed by atoms with van der Waals surface area (Å²) in [6.07, 6.45) is 1.32. The zero-order chi connectivity index (χ0) is 14.0. The molecule has 1 aromatic carbocycles. The average molecular weight is 347 g/mol. The Morgan fingerprint density at radius 2 is 2.16 bits per heavy atom. The van der Waals surface area contributed by atoms with Gasteiger partial charge in [0.1, 0.15) is 0 Å². The third kappa shape index (κ3) is 3.09. The molecule has 1 N–H and O–H groups in total. The first kappa shape index (κ1) is 14.3. The van der Waals surface area contributed by atoms with Crippen LogP contribution in [0.25, 0.3) is 0 Å². The largest absolute Gasteiger partial charge is 0.481 e. The van der Waals surface area contributed by atoms with Crippen molar-refractivity contribution in [2.45, 2.75) is 12.8 Å². The van der Waals surface area contributed by atoms with Crippen molar-refractivity contribution in [2.24, 2.45) is 5.92 Å². The van der Waals surface area contributed by atoms with Gasteiger partial charge in [-0.05, 0) is 40.9 Å². The summed E-state index contributed by atoms with van der Waals surface area (Å²) in [5, 5.41) is 9.40. The van der Waals surface area contributed by atoms with Crippen LogP contribution in [0.1, 0.15) is 23.2 Å². The summed E-state index contributed by atoms with van der Waals surface area (Å²) in [6, 6.07) is 5.15. The minimum atomic E-state index is -0.849. The highest BCUT2D eigenvalue weighted by molar-refractivity contribution is 9.10. The normalized spacial score (nSPS) is 19.3. The molecule has 1 atom stereocenters. The molecule has 2 rings (SSSR count). The van der Waals surface area contributed by atoms with Crippen molar-refractivity contribution < 1.29 is 14.7 Å². The number of hydrogen-bond donors (Lipinski definition) is 1. The van der Waals surface area contributed by atoms with Gasteiger partial charge < -0.3 is 10.0 Å². The van der Waals surface area contributed by atoms with Gasteiger partial charge in [0.25, 0.3) is 5.91 Å². The first-order valence-electron chi connectivity index (χ1n) is 5.97. The number of aliphatic carboxylic acids is 1. The van der Waals surface area contributed by atoms with Crippen LogP contribution < -0.4 is 0 Å². The van der Waals surface area contributed by atoms with Gasteiger partial charge in [0.05, 0.1) is 16.5 Å². The Bertz CT molecular complexity index is 521. The van der Waals surface area contributed by atoms with Crippen LogP contribution in [0.5, 0.6) is 0 Å². The van der Waals surface area contributed by atoms with Gasteiger partial charge in [-0.25, -0.2) is 0 Å². The Hall–Kier alpha value is -1.07. The lowest BCUT2D eigenvalue weighted by molar-refractivity contribution is -0.143. The molecule has 0 saturated carbocycles. The fraction of sp³-hybridized carbons (Fsp3) is 0.385. The Kier molecular flexibility index (Phi) is 4.47. The van der Waals surface area contributed by atoms with Gasteiger partial charge in [0.15, 0.2) is 0 Å². The SMILES string of the molecule is O=C(O)C1CCCN(C(=O)c2cccc(Br)c2Cl)C1. The third-order valence-corrected chi connectivity index (χ3v) is 4.54. The molecular weight excluding hydrogens is 334 g/mol. The average Bonchev–Trinajstić information content (AvgIpc) is 2.41. The van der Waals surface area contributed by atoms with E-state index in [0.29, 0.717) is 34.4 Å². The Morgan fingerprint density at radius 3 is 2.84 bits per heavy atom. The molecule has 0 spiro atoms. The van der Waals surface area contributed by atoms with E-state index in [0.717, 1.165) is 0 Å². The number of hydrogen-bond acceptors (Lipinski definition) is 2. The molecule has 1 amide bonds. The molecule has 0 aromatic heterocycles. The summed E-state index contributed by atoms with van der Waals surface area (Å²) in [4.78, 5) is 24.9.